The first-order valence-corrected chi connectivity index (χ1v) is 8.24. The molecule has 0 radical (unpaired) electrons. The quantitative estimate of drug-likeness (QED) is 0.541. The molecule has 21 heavy (non-hydrogen) atoms. The van der Waals surface area contributed by atoms with E-state index in [4.69, 9.17) is 9.47 Å². The van der Waals surface area contributed by atoms with E-state index < -0.39 is 6.10 Å². The van der Waals surface area contributed by atoms with E-state index in [1.54, 1.807) is 6.92 Å². The van der Waals surface area contributed by atoms with Crippen LogP contribution in [0.5, 0.6) is 5.75 Å². The first kappa shape index (κ1) is 18.0. The number of carbonyl (C=O) groups excluding carboxylic acids is 1. The van der Waals surface area contributed by atoms with Gasteiger partial charge in [0.2, 0.25) is 0 Å². The van der Waals surface area contributed by atoms with E-state index in [-0.39, 0.29) is 5.97 Å². The Kier molecular flexibility index (Phi) is 8.38. The molecule has 1 aromatic carbocycles. The van der Waals surface area contributed by atoms with Crippen molar-refractivity contribution in [2.45, 2.75) is 46.3 Å². The molecule has 0 aliphatic heterocycles. The lowest BCUT2D eigenvalue weighted by Crippen LogP contribution is -2.29. The van der Waals surface area contributed by atoms with Crippen molar-refractivity contribution in [1.82, 2.24) is 5.32 Å². The fraction of sp³-hybridized carbons (Fsp3) is 0.562. The molecule has 4 nitrogen and oxygen atoms in total. The van der Waals surface area contributed by atoms with Crippen LogP contribution in [0.25, 0.3) is 0 Å². The van der Waals surface area contributed by atoms with E-state index in [1.807, 2.05) is 25.1 Å². The summed E-state index contributed by atoms with van der Waals surface area (Å²) in [4.78, 5) is 11.9. The molecule has 118 valence electrons. The van der Waals surface area contributed by atoms with Crippen molar-refractivity contribution in [3.63, 3.8) is 0 Å². The fourth-order valence-electron chi connectivity index (χ4n) is 1.90. The van der Waals surface area contributed by atoms with Gasteiger partial charge in [-0.3, -0.25) is 0 Å². The second-order valence-electron chi connectivity index (χ2n) is 4.67. The minimum Gasteiger partial charge on any atom is -0.477 e. The SMILES string of the molecule is CCCNCc1cccc(Br)c1OC(CC)C(=O)OCC. The van der Waals surface area contributed by atoms with Crippen molar-refractivity contribution < 1.29 is 14.3 Å². The number of carbonyl (C=O) groups is 1. The Morgan fingerprint density at radius 3 is 2.71 bits per heavy atom. The fourth-order valence-corrected chi connectivity index (χ4v) is 2.40. The molecular formula is C16H24BrNO3. The molecule has 0 amide bonds. The lowest BCUT2D eigenvalue weighted by Gasteiger charge is -2.19. The third-order valence-electron chi connectivity index (χ3n) is 2.97. The Hall–Kier alpha value is -1.07. The van der Waals surface area contributed by atoms with Gasteiger partial charge >= 0.3 is 5.97 Å². The summed E-state index contributed by atoms with van der Waals surface area (Å²) < 4.78 is 11.8. The van der Waals surface area contributed by atoms with Crippen LogP contribution in [0.1, 0.15) is 39.2 Å². The van der Waals surface area contributed by atoms with Crippen molar-refractivity contribution in [2.75, 3.05) is 13.2 Å². The van der Waals surface area contributed by atoms with Crippen LogP contribution in [0.3, 0.4) is 0 Å². The zero-order chi connectivity index (χ0) is 15.7. The summed E-state index contributed by atoms with van der Waals surface area (Å²) in [6, 6.07) is 5.88. The van der Waals surface area contributed by atoms with Gasteiger partial charge in [0.1, 0.15) is 5.75 Å². The standard InChI is InChI=1S/C16H24BrNO3/c1-4-10-18-11-12-8-7-9-13(17)15(12)21-14(5-2)16(19)20-6-3/h7-9,14,18H,4-6,10-11H2,1-3H3. The molecule has 0 bridgehead atoms. The molecule has 0 fully saturated rings. The predicted octanol–water partition coefficient (Wildman–Crippen LogP) is 3.67. The molecule has 5 heteroatoms. The molecular weight excluding hydrogens is 334 g/mol. The lowest BCUT2D eigenvalue weighted by atomic mass is 10.2. The Morgan fingerprint density at radius 1 is 1.33 bits per heavy atom. The molecule has 0 aliphatic carbocycles. The Labute approximate surface area is 135 Å². The van der Waals surface area contributed by atoms with Gasteiger partial charge in [0.25, 0.3) is 0 Å². The highest BCUT2D eigenvalue weighted by Crippen LogP contribution is 2.30. The summed E-state index contributed by atoms with van der Waals surface area (Å²) in [7, 11) is 0. The predicted molar refractivity (Wildman–Crippen MR) is 87.5 cm³/mol. The molecule has 1 unspecified atom stereocenters. The third kappa shape index (κ3) is 5.67. The molecule has 1 rings (SSSR count). The zero-order valence-corrected chi connectivity index (χ0v) is 14.5. The maximum Gasteiger partial charge on any atom is 0.347 e. The second-order valence-corrected chi connectivity index (χ2v) is 5.53. The minimum atomic E-state index is -0.575. The summed E-state index contributed by atoms with van der Waals surface area (Å²) in [5.41, 5.74) is 1.03. The van der Waals surface area contributed by atoms with E-state index in [9.17, 15) is 4.79 Å². The van der Waals surface area contributed by atoms with Crippen molar-refractivity contribution in [3.8, 4) is 5.75 Å². The topological polar surface area (TPSA) is 47.6 Å². The van der Waals surface area contributed by atoms with Crippen LogP contribution < -0.4 is 10.1 Å². The van der Waals surface area contributed by atoms with Crippen molar-refractivity contribution >= 4 is 21.9 Å². The number of esters is 1. The van der Waals surface area contributed by atoms with Crippen LogP contribution in [0.15, 0.2) is 22.7 Å². The minimum absolute atomic E-state index is 0.316. The first-order valence-electron chi connectivity index (χ1n) is 7.45. The Bertz CT molecular complexity index is 451. The van der Waals surface area contributed by atoms with Crippen molar-refractivity contribution in [3.05, 3.63) is 28.2 Å². The van der Waals surface area contributed by atoms with E-state index in [1.165, 1.54) is 0 Å². The van der Waals surface area contributed by atoms with Gasteiger partial charge in [-0.05, 0) is 48.3 Å². The highest BCUT2D eigenvalue weighted by atomic mass is 79.9. The van der Waals surface area contributed by atoms with Gasteiger partial charge in [-0.15, -0.1) is 0 Å². The van der Waals surface area contributed by atoms with Crippen LogP contribution in [-0.2, 0) is 16.1 Å². The van der Waals surface area contributed by atoms with Crippen LogP contribution in [0.4, 0.5) is 0 Å². The van der Waals surface area contributed by atoms with Crippen molar-refractivity contribution in [1.29, 1.82) is 0 Å². The summed E-state index contributed by atoms with van der Waals surface area (Å²) in [5.74, 6) is 0.393. The number of halogens is 1. The molecule has 0 aromatic heterocycles. The number of hydrogen-bond acceptors (Lipinski definition) is 4. The van der Waals surface area contributed by atoms with Crippen LogP contribution >= 0.6 is 15.9 Å². The van der Waals surface area contributed by atoms with Crippen LogP contribution in [0, 0.1) is 0 Å². The van der Waals surface area contributed by atoms with Gasteiger partial charge in [-0.2, -0.15) is 0 Å². The van der Waals surface area contributed by atoms with E-state index in [0.29, 0.717) is 25.3 Å². The third-order valence-corrected chi connectivity index (χ3v) is 3.60. The molecule has 0 spiro atoms. The number of rotatable bonds is 9. The normalized spacial score (nSPS) is 12.0. The Morgan fingerprint density at radius 2 is 2.10 bits per heavy atom. The highest BCUT2D eigenvalue weighted by Gasteiger charge is 2.22. The number of benzene rings is 1. The number of ether oxygens (including phenoxy) is 2. The monoisotopic (exact) mass is 357 g/mol. The van der Waals surface area contributed by atoms with Crippen molar-refractivity contribution in [2.24, 2.45) is 0 Å². The molecule has 0 aliphatic rings. The Balaban J connectivity index is 2.86. The number of hydrogen-bond donors (Lipinski definition) is 1. The van der Waals surface area contributed by atoms with Gasteiger partial charge < -0.3 is 14.8 Å². The first-order chi connectivity index (χ1) is 10.1. The molecule has 0 saturated heterocycles. The molecule has 1 N–H and O–H groups in total. The van der Waals surface area contributed by atoms with Crippen LogP contribution in [0.2, 0.25) is 0 Å². The maximum absolute atomic E-state index is 11.9. The van der Waals surface area contributed by atoms with Crippen LogP contribution in [-0.4, -0.2) is 25.2 Å². The van der Waals surface area contributed by atoms with Gasteiger partial charge in [0.15, 0.2) is 6.10 Å². The van der Waals surface area contributed by atoms with Gasteiger partial charge in [-0.25, -0.2) is 4.79 Å². The molecule has 1 atom stereocenters. The number of para-hydroxylation sites is 1. The van der Waals surface area contributed by atoms with E-state index >= 15 is 0 Å². The summed E-state index contributed by atoms with van der Waals surface area (Å²) in [5, 5.41) is 3.35. The summed E-state index contributed by atoms with van der Waals surface area (Å²) in [6.45, 7) is 7.85. The largest absolute Gasteiger partial charge is 0.477 e. The van der Waals surface area contributed by atoms with E-state index in [0.717, 1.165) is 23.0 Å². The lowest BCUT2D eigenvalue weighted by molar-refractivity contribution is -0.151. The maximum atomic E-state index is 11.9. The zero-order valence-electron chi connectivity index (χ0n) is 12.9. The second kappa shape index (κ2) is 9.79. The average Bonchev–Trinajstić information content (AvgIpc) is 2.47. The average molecular weight is 358 g/mol. The molecule has 0 heterocycles. The highest BCUT2D eigenvalue weighted by molar-refractivity contribution is 9.10. The number of nitrogens with one attached hydrogen (secondary N) is 1. The van der Waals surface area contributed by atoms with Gasteiger partial charge in [0.05, 0.1) is 11.1 Å². The molecule has 0 saturated carbocycles. The van der Waals surface area contributed by atoms with Gasteiger partial charge in [0, 0.05) is 12.1 Å². The smallest absolute Gasteiger partial charge is 0.347 e. The van der Waals surface area contributed by atoms with Gasteiger partial charge in [-0.1, -0.05) is 26.0 Å². The summed E-state index contributed by atoms with van der Waals surface area (Å²) in [6.07, 6.45) is 1.07. The summed E-state index contributed by atoms with van der Waals surface area (Å²) >= 11 is 3.50. The van der Waals surface area contributed by atoms with E-state index in [2.05, 4.69) is 28.2 Å². The molecule has 1 aromatic rings.